The van der Waals surface area contributed by atoms with Gasteiger partial charge >= 0.3 is 11.8 Å². The van der Waals surface area contributed by atoms with Crippen LogP contribution in [0.25, 0.3) is 0 Å². The fraction of sp³-hybridized carbons (Fsp3) is 0.0588. The van der Waals surface area contributed by atoms with Crippen LogP contribution >= 0.6 is 0 Å². The monoisotopic (exact) mass is 358 g/mol. The number of nitrogens with one attached hydrogen (secondary N) is 2. The van der Waals surface area contributed by atoms with Crippen LogP contribution in [0, 0.1) is 5.82 Å². The molecule has 0 bridgehead atoms. The maximum atomic E-state index is 13.4. The van der Waals surface area contributed by atoms with Crippen molar-refractivity contribution in [2.45, 2.75) is 0 Å². The average molecular weight is 358 g/mol. The van der Waals surface area contributed by atoms with Crippen LogP contribution in [-0.4, -0.2) is 30.5 Å². The number of anilines is 1. The standard InChI is InChI=1S/C17H15FN4O4/c18-13-3-1-2-4-14(13)21-16(24)17(25)22-20-9-11-5-7-12(8-6-11)26-10-15(19)23/h1-9H,10H2,(H2,19,23)(H,21,24)(H,22,25)/b20-9-. The summed E-state index contributed by atoms with van der Waals surface area (Å²) >= 11 is 0. The molecule has 3 amide bonds. The van der Waals surface area contributed by atoms with Gasteiger partial charge in [0.1, 0.15) is 11.6 Å². The fourth-order valence-corrected chi connectivity index (χ4v) is 1.76. The van der Waals surface area contributed by atoms with Crippen molar-refractivity contribution in [3.05, 3.63) is 59.9 Å². The summed E-state index contributed by atoms with van der Waals surface area (Å²) < 4.78 is 18.5. The van der Waals surface area contributed by atoms with E-state index in [9.17, 15) is 18.8 Å². The van der Waals surface area contributed by atoms with E-state index in [1.54, 1.807) is 24.3 Å². The first-order valence-corrected chi connectivity index (χ1v) is 7.36. The van der Waals surface area contributed by atoms with E-state index >= 15 is 0 Å². The Morgan fingerprint density at radius 1 is 1.08 bits per heavy atom. The number of amides is 3. The van der Waals surface area contributed by atoms with Crippen molar-refractivity contribution in [2.24, 2.45) is 10.8 Å². The van der Waals surface area contributed by atoms with Crippen molar-refractivity contribution in [2.75, 3.05) is 11.9 Å². The largest absolute Gasteiger partial charge is 0.484 e. The van der Waals surface area contributed by atoms with E-state index in [0.29, 0.717) is 11.3 Å². The van der Waals surface area contributed by atoms with Gasteiger partial charge in [-0.15, -0.1) is 0 Å². The highest BCUT2D eigenvalue weighted by atomic mass is 19.1. The molecule has 26 heavy (non-hydrogen) atoms. The molecule has 0 aromatic heterocycles. The minimum Gasteiger partial charge on any atom is -0.484 e. The lowest BCUT2D eigenvalue weighted by molar-refractivity contribution is -0.136. The molecule has 0 heterocycles. The van der Waals surface area contributed by atoms with Crippen LogP contribution in [0.1, 0.15) is 5.56 Å². The number of carbonyl (C=O) groups excluding carboxylic acids is 3. The number of carbonyl (C=O) groups is 3. The molecule has 2 rings (SSSR count). The van der Waals surface area contributed by atoms with E-state index < -0.39 is 23.5 Å². The normalized spacial score (nSPS) is 10.3. The average Bonchev–Trinajstić information content (AvgIpc) is 2.62. The number of hydrogen-bond donors (Lipinski definition) is 3. The van der Waals surface area contributed by atoms with Gasteiger partial charge in [0.2, 0.25) is 0 Å². The second-order valence-corrected chi connectivity index (χ2v) is 4.96. The zero-order chi connectivity index (χ0) is 18.9. The molecule has 0 fully saturated rings. The lowest BCUT2D eigenvalue weighted by atomic mass is 10.2. The number of benzene rings is 2. The molecule has 4 N–H and O–H groups in total. The summed E-state index contributed by atoms with van der Waals surface area (Å²) in [6.45, 7) is -0.236. The van der Waals surface area contributed by atoms with Crippen LogP contribution in [-0.2, 0) is 14.4 Å². The number of rotatable bonds is 6. The van der Waals surface area contributed by atoms with Gasteiger partial charge in [-0.05, 0) is 42.0 Å². The summed E-state index contributed by atoms with van der Waals surface area (Å²) in [6.07, 6.45) is 1.30. The van der Waals surface area contributed by atoms with Crippen molar-refractivity contribution in [3.63, 3.8) is 0 Å². The molecule has 0 aliphatic rings. The molecule has 0 atom stereocenters. The van der Waals surface area contributed by atoms with E-state index in [4.69, 9.17) is 10.5 Å². The smallest absolute Gasteiger partial charge is 0.329 e. The molecule has 2 aromatic rings. The predicted molar refractivity (Wildman–Crippen MR) is 91.9 cm³/mol. The van der Waals surface area contributed by atoms with Crippen molar-refractivity contribution >= 4 is 29.6 Å². The van der Waals surface area contributed by atoms with Crippen LogP contribution < -0.4 is 21.2 Å². The van der Waals surface area contributed by atoms with Gasteiger partial charge in [0.25, 0.3) is 5.91 Å². The molecule has 134 valence electrons. The molecule has 0 spiro atoms. The molecule has 9 heteroatoms. The third kappa shape index (κ3) is 5.71. The topological polar surface area (TPSA) is 123 Å². The third-order valence-corrected chi connectivity index (χ3v) is 2.97. The quantitative estimate of drug-likeness (QED) is 0.401. The Morgan fingerprint density at radius 3 is 2.42 bits per heavy atom. The van der Waals surface area contributed by atoms with E-state index in [1.165, 1.54) is 24.4 Å². The van der Waals surface area contributed by atoms with Crippen LogP contribution in [0.15, 0.2) is 53.6 Å². The fourth-order valence-electron chi connectivity index (χ4n) is 1.76. The summed E-state index contributed by atoms with van der Waals surface area (Å²) in [5.74, 6) is -2.91. The van der Waals surface area contributed by atoms with Crippen molar-refractivity contribution in [1.29, 1.82) is 0 Å². The van der Waals surface area contributed by atoms with E-state index in [2.05, 4.69) is 10.4 Å². The number of hydrazone groups is 1. The zero-order valence-electron chi connectivity index (χ0n) is 13.4. The lowest BCUT2D eigenvalue weighted by Gasteiger charge is -2.05. The molecule has 0 aliphatic carbocycles. The molecule has 0 saturated heterocycles. The minimum atomic E-state index is -1.05. The van der Waals surface area contributed by atoms with Crippen LogP contribution in [0.4, 0.5) is 10.1 Å². The molecular weight excluding hydrogens is 343 g/mol. The van der Waals surface area contributed by atoms with Gasteiger partial charge in [0, 0.05) is 0 Å². The minimum absolute atomic E-state index is 0.108. The zero-order valence-corrected chi connectivity index (χ0v) is 13.4. The van der Waals surface area contributed by atoms with Gasteiger partial charge in [-0.25, -0.2) is 9.82 Å². The van der Waals surface area contributed by atoms with Crippen LogP contribution in [0.5, 0.6) is 5.75 Å². The molecule has 2 aromatic carbocycles. The number of ether oxygens (including phenoxy) is 1. The van der Waals surface area contributed by atoms with Crippen molar-refractivity contribution in [3.8, 4) is 5.75 Å². The Labute approximate surface area is 147 Å². The molecule has 0 saturated carbocycles. The molecule has 0 aliphatic heterocycles. The Kier molecular flexibility index (Phi) is 6.38. The van der Waals surface area contributed by atoms with Crippen LogP contribution in [0.2, 0.25) is 0 Å². The van der Waals surface area contributed by atoms with Crippen LogP contribution in [0.3, 0.4) is 0 Å². The highest BCUT2D eigenvalue weighted by Gasteiger charge is 2.14. The third-order valence-electron chi connectivity index (χ3n) is 2.97. The molecule has 0 unspecified atom stereocenters. The number of nitrogens with zero attached hydrogens (tertiary/aromatic N) is 1. The van der Waals surface area contributed by atoms with Gasteiger partial charge in [-0.2, -0.15) is 5.10 Å². The first-order valence-electron chi connectivity index (χ1n) is 7.36. The molecular formula is C17H15FN4O4. The summed E-state index contributed by atoms with van der Waals surface area (Å²) in [4.78, 5) is 33.9. The van der Waals surface area contributed by atoms with Gasteiger partial charge in [0.15, 0.2) is 6.61 Å². The predicted octanol–water partition coefficient (Wildman–Crippen LogP) is 0.779. The maximum absolute atomic E-state index is 13.4. The van der Waals surface area contributed by atoms with E-state index in [0.717, 1.165) is 6.07 Å². The van der Waals surface area contributed by atoms with E-state index in [1.807, 2.05) is 5.43 Å². The Hall–Kier alpha value is -3.75. The Morgan fingerprint density at radius 2 is 1.77 bits per heavy atom. The number of primary amides is 1. The second kappa shape index (κ2) is 8.92. The van der Waals surface area contributed by atoms with E-state index in [-0.39, 0.29) is 12.3 Å². The number of nitrogens with two attached hydrogens (primary N) is 1. The summed E-state index contributed by atoms with van der Waals surface area (Å²) in [6, 6.07) is 11.9. The first kappa shape index (κ1) is 18.6. The Bertz CT molecular complexity index is 837. The maximum Gasteiger partial charge on any atom is 0.329 e. The molecule has 0 radical (unpaired) electrons. The SMILES string of the molecule is NC(=O)COc1ccc(/C=N\NC(=O)C(=O)Nc2ccccc2F)cc1. The summed E-state index contributed by atoms with van der Waals surface area (Å²) in [5, 5.41) is 5.77. The number of para-hydroxylation sites is 1. The van der Waals surface area contributed by atoms with Crippen molar-refractivity contribution < 1.29 is 23.5 Å². The summed E-state index contributed by atoms with van der Waals surface area (Å²) in [5.41, 5.74) is 7.49. The summed E-state index contributed by atoms with van der Waals surface area (Å²) in [7, 11) is 0. The molecule has 8 nitrogen and oxygen atoms in total. The Balaban J connectivity index is 1.85. The first-order chi connectivity index (χ1) is 12.5. The number of hydrogen-bond acceptors (Lipinski definition) is 5. The number of halogens is 1. The van der Waals surface area contributed by atoms with Gasteiger partial charge in [-0.1, -0.05) is 12.1 Å². The lowest BCUT2D eigenvalue weighted by Crippen LogP contribution is -2.32. The van der Waals surface area contributed by atoms with Gasteiger partial charge < -0.3 is 15.8 Å². The highest BCUT2D eigenvalue weighted by Crippen LogP contribution is 2.12. The highest BCUT2D eigenvalue weighted by molar-refractivity contribution is 6.39. The van der Waals surface area contributed by atoms with Gasteiger partial charge in [-0.3, -0.25) is 14.4 Å². The van der Waals surface area contributed by atoms with Crippen molar-refractivity contribution in [1.82, 2.24) is 5.43 Å². The van der Waals surface area contributed by atoms with Gasteiger partial charge in [0.05, 0.1) is 11.9 Å². The second-order valence-electron chi connectivity index (χ2n) is 4.96.